The van der Waals surface area contributed by atoms with Crippen molar-refractivity contribution in [2.75, 3.05) is 0 Å². The van der Waals surface area contributed by atoms with E-state index >= 15 is 0 Å². The van der Waals surface area contributed by atoms with Crippen LogP contribution in [0.4, 0.5) is 13.2 Å². The summed E-state index contributed by atoms with van der Waals surface area (Å²) in [6.45, 7) is 0. The second-order valence-corrected chi connectivity index (χ2v) is 5.68. The maximum absolute atomic E-state index is 12.4. The van der Waals surface area contributed by atoms with E-state index in [-0.39, 0.29) is 11.1 Å². The fourth-order valence-electron chi connectivity index (χ4n) is 1.72. The van der Waals surface area contributed by atoms with Gasteiger partial charge in [-0.05, 0) is 17.7 Å². The molecule has 0 saturated carbocycles. The number of halogens is 3. The van der Waals surface area contributed by atoms with Crippen LogP contribution in [0, 0.1) is 0 Å². The Morgan fingerprint density at radius 2 is 1.60 bits per heavy atom. The van der Waals surface area contributed by atoms with Crippen LogP contribution in [0.15, 0.2) is 40.7 Å². The number of hydrogen-bond acceptors (Lipinski definition) is 3. The van der Waals surface area contributed by atoms with Crippen LogP contribution < -0.4 is 0 Å². The van der Waals surface area contributed by atoms with E-state index in [1.165, 1.54) is 0 Å². The van der Waals surface area contributed by atoms with Crippen molar-refractivity contribution in [3.63, 3.8) is 0 Å². The number of aliphatic carboxylic acids is 1. The van der Waals surface area contributed by atoms with E-state index in [0.717, 1.165) is 29.7 Å². The van der Waals surface area contributed by atoms with Crippen molar-refractivity contribution in [3.05, 3.63) is 51.8 Å². The highest BCUT2D eigenvalue weighted by Crippen LogP contribution is 2.34. The molecule has 8 heteroatoms. The van der Waals surface area contributed by atoms with Crippen molar-refractivity contribution in [3.8, 4) is 0 Å². The maximum Gasteiger partial charge on any atom is 0.416 e. The number of hydrogen-bond donors (Lipinski definition) is 1. The minimum Gasteiger partial charge on any atom is -0.478 e. The molecule has 4 nitrogen and oxygen atoms in total. The monoisotopic (exact) mass is 304 g/mol. The van der Waals surface area contributed by atoms with Gasteiger partial charge in [-0.3, -0.25) is 0 Å². The highest BCUT2D eigenvalue weighted by molar-refractivity contribution is 7.97. The zero-order valence-corrected chi connectivity index (χ0v) is 10.5. The van der Waals surface area contributed by atoms with Gasteiger partial charge < -0.3 is 5.11 Å². The zero-order valence-electron chi connectivity index (χ0n) is 9.68. The van der Waals surface area contributed by atoms with Crippen molar-refractivity contribution < 1.29 is 31.5 Å². The summed E-state index contributed by atoms with van der Waals surface area (Å²) in [6, 6.07) is 3.60. The maximum atomic E-state index is 12.4. The van der Waals surface area contributed by atoms with Gasteiger partial charge in [0.1, 0.15) is 0 Å². The van der Waals surface area contributed by atoms with Gasteiger partial charge in [-0.2, -0.15) is 13.2 Å². The lowest BCUT2D eigenvalue weighted by Crippen LogP contribution is -2.05. The summed E-state index contributed by atoms with van der Waals surface area (Å²) in [4.78, 5) is 10.9. The van der Waals surface area contributed by atoms with Crippen LogP contribution in [-0.2, 0) is 20.8 Å². The normalized spacial score (nSPS) is 17.6. The fourth-order valence-corrected chi connectivity index (χ4v) is 2.93. The molecule has 0 aliphatic carbocycles. The number of rotatable bonds is 2. The molecule has 1 heterocycles. The molecule has 0 aromatic heterocycles. The van der Waals surface area contributed by atoms with Crippen molar-refractivity contribution in [1.29, 1.82) is 0 Å². The molecule has 1 aliphatic rings. The molecule has 0 fully saturated rings. The van der Waals surface area contributed by atoms with Gasteiger partial charge >= 0.3 is 12.1 Å². The molecule has 0 saturated heterocycles. The van der Waals surface area contributed by atoms with Crippen LogP contribution in [0.2, 0.25) is 0 Å². The SMILES string of the molecule is O=C(O)C1=CS(=O)(=O)C=C1c1ccc(C(F)(F)F)cc1. The lowest BCUT2D eigenvalue weighted by molar-refractivity contribution is -0.137. The van der Waals surface area contributed by atoms with E-state index in [2.05, 4.69) is 0 Å². The predicted octanol–water partition coefficient (Wildman–Crippen LogP) is 2.44. The van der Waals surface area contributed by atoms with Crippen LogP contribution >= 0.6 is 0 Å². The summed E-state index contributed by atoms with van der Waals surface area (Å²) in [5.41, 5.74) is -1.41. The third-order valence-electron chi connectivity index (χ3n) is 2.61. The summed E-state index contributed by atoms with van der Waals surface area (Å²) >= 11 is 0. The number of sulfone groups is 1. The predicted molar refractivity (Wildman–Crippen MR) is 64.1 cm³/mol. The molecule has 1 aromatic rings. The van der Waals surface area contributed by atoms with Crippen molar-refractivity contribution in [1.82, 2.24) is 0 Å². The Balaban J connectivity index is 2.48. The zero-order chi connectivity index (χ0) is 15.1. The Bertz CT molecular complexity index is 725. The Kier molecular flexibility index (Phi) is 3.21. The molecule has 0 atom stereocenters. The summed E-state index contributed by atoms with van der Waals surface area (Å²) in [5.74, 6) is -1.46. The number of carboxylic acid groups (broad SMARTS) is 1. The van der Waals surface area contributed by atoms with Crippen LogP contribution in [0.3, 0.4) is 0 Å². The van der Waals surface area contributed by atoms with Crippen LogP contribution in [0.25, 0.3) is 5.57 Å². The first kappa shape index (κ1) is 14.3. The topological polar surface area (TPSA) is 71.4 Å². The van der Waals surface area contributed by atoms with E-state index in [9.17, 15) is 26.4 Å². The van der Waals surface area contributed by atoms with Crippen molar-refractivity contribution in [2.24, 2.45) is 0 Å². The van der Waals surface area contributed by atoms with Crippen LogP contribution in [0.5, 0.6) is 0 Å². The fraction of sp³-hybridized carbons (Fsp3) is 0.0833. The summed E-state index contributed by atoms with van der Waals surface area (Å²) in [5, 5.41) is 10.2. The number of benzene rings is 1. The minimum atomic E-state index is -4.51. The summed E-state index contributed by atoms with van der Waals surface area (Å²) in [7, 11) is -3.80. The molecule has 1 N–H and O–H groups in total. The Labute approximate surface area is 111 Å². The third kappa shape index (κ3) is 2.74. The molecule has 0 bridgehead atoms. The van der Waals surface area contributed by atoms with Crippen molar-refractivity contribution >= 4 is 21.4 Å². The van der Waals surface area contributed by atoms with E-state index < -0.39 is 33.1 Å². The van der Waals surface area contributed by atoms with Crippen LogP contribution in [0.1, 0.15) is 11.1 Å². The molecule has 0 spiro atoms. The standard InChI is InChI=1S/C12H7F3O4S/c13-12(14,15)8-3-1-7(2-4-8)9-5-20(18,19)6-10(9)11(16)17/h1-6H,(H,16,17). The Morgan fingerprint density at radius 3 is 2.05 bits per heavy atom. The molecule has 0 radical (unpaired) electrons. The number of carbonyl (C=O) groups is 1. The van der Waals surface area contributed by atoms with Gasteiger partial charge in [0.05, 0.1) is 16.5 Å². The minimum absolute atomic E-state index is 0.0905. The first-order valence-electron chi connectivity index (χ1n) is 5.20. The first-order valence-corrected chi connectivity index (χ1v) is 6.81. The van der Waals surface area contributed by atoms with Crippen molar-refractivity contribution in [2.45, 2.75) is 6.18 Å². The van der Waals surface area contributed by atoms with Gasteiger partial charge in [-0.15, -0.1) is 0 Å². The number of carboxylic acids is 1. The molecular formula is C12H7F3O4S. The Morgan fingerprint density at radius 1 is 1.05 bits per heavy atom. The average molecular weight is 304 g/mol. The lowest BCUT2D eigenvalue weighted by atomic mass is 9.99. The summed E-state index contributed by atoms with van der Waals surface area (Å²) < 4.78 is 59.9. The highest BCUT2D eigenvalue weighted by Gasteiger charge is 2.31. The largest absolute Gasteiger partial charge is 0.478 e. The summed E-state index contributed by atoms with van der Waals surface area (Å²) in [6.07, 6.45) is -4.51. The molecule has 0 unspecified atom stereocenters. The smallest absolute Gasteiger partial charge is 0.416 e. The second kappa shape index (κ2) is 4.48. The third-order valence-corrected chi connectivity index (χ3v) is 3.74. The Hall–Kier alpha value is -2.09. The molecule has 106 valence electrons. The van der Waals surface area contributed by atoms with E-state index in [4.69, 9.17) is 5.11 Å². The quantitative estimate of drug-likeness (QED) is 0.911. The van der Waals surface area contributed by atoms with Gasteiger partial charge in [0.2, 0.25) is 0 Å². The van der Waals surface area contributed by atoms with Crippen LogP contribution in [-0.4, -0.2) is 19.5 Å². The molecule has 2 rings (SSSR count). The van der Waals surface area contributed by atoms with E-state index in [1.54, 1.807) is 0 Å². The number of alkyl halides is 3. The lowest BCUT2D eigenvalue weighted by Gasteiger charge is -2.08. The molecular weight excluding hydrogens is 297 g/mol. The first-order chi connectivity index (χ1) is 9.10. The van der Waals surface area contributed by atoms with Gasteiger partial charge in [0.25, 0.3) is 0 Å². The van der Waals surface area contributed by atoms with Gasteiger partial charge in [-0.25, -0.2) is 13.2 Å². The van der Waals surface area contributed by atoms with Gasteiger partial charge in [0.15, 0.2) is 9.84 Å². The van der Waals surface area contributed by atoms with Gasteiger partial charge in [0, 0.05) is 11.0 Å². The second-order valence-electron chi connectivity index (χ2n) is 4.03. The molecule has 0 amide bonds. The average Bonchev–Trinajstić information content (AvgIpc) is 2.65. The molecule has 20 heavy (non-hydrogen) atoms. The van der Waals surface area contributed by atoms with Gasteiger partial charge in [-0.1, -0.05) is 12.1 Å². The van der Waals surface area contributed by atoms with E-state index in [0.29, 0.717) is 5.41 Å². The van der Waals surface area contributed by atoms with E-state index in [1.807, 2.05) is 0 Å². The molecule has 1 aromatic carbocycles. The highest BCUT2D eigenvalue weighted by atomic mass is 32.2. The molecule has 1 aliphatic heterocycles.